The van der Waals surface area contributed by atoms with Crippen LogP contribution < -0.4 is 5.32 Å². The molecule has 1 aromatic heterocycles. The molecule has 3 heterocycles. The van der Waals surface area contributed by atoms with Crippen molar-refractivity contribution < 1.29 is 14.3 Å². The summed E-state index contributed by atoms with van der Waals surface area (Å²) in [7, 11) is 0. The molecular weight excluding hydrogens is 266 g/mol. The highest BCUT2D eigenvalue weighted by Crippen LogP contribution is 2.16. The number of amides is 1. The summed E-state index contributed by atoms with van der Waals surface area (Å²) < 4.78 is 10.9. The van der Waals surface area contributed by atoms with Crippen LogP contribution in [0, 0.1) is 0 Å². The van der Waals surface area contributed by atoms with Gasteiger partial charge in [0.15, 0.2) is 0 Å². The molecule has 1 N–H and O–H groups in total. The maximum absolute atomic E-state index is 12.1. The molecule has 7 heteroatoms. The Morgan fingerprint density at radius 1 is 1.37 bits per heavy atom. The van der Waals surface area contributed by atoms with E-state index in [1.165, 1.54) is 11.3 Å². The van der Waals surface area contributed by atoms with Crippen molar-refractivity contribution in [2.75, 3.05) is 39.5 Å². The van der Waals surface area contributed by atoms with Crippen molar-refractivity contribution in [3.63, 3.8) is 0 Å². The number of hydrogen-bond acceptors (Lipinski definition) is 6. The number of morpholine rings is 1. The van der Waals surface area contributed by atoms with Crippen LogP contribution in [-0.2, 0) is 9.47 Å². The largest absolute Gasteiger partial charge is 0.379 e. The number of thiazole rings is 1. The third kappa shape index (κ3) is 2.94. The molecule has 2 fully saturated rings. The van der Waals surface area contributed by atoms with Gasteiger partial charge in [-0.3, -0.25) is 14.7 Å². The van der Waals surface area contributed by atoms with Crippen LogP contribution in [0.2, 0.25) is 0 Å². The number of aromatic nitrogens is 1. The Hall–Kier alpha value is -1.02. The van der Waals surface area contributed by atoms with E-state index in [2.05, 4.69) is 15.2 Å². The Morgan fingerprint density at radius 2 is 2.21 bits per heavy atom. The van der Waals surface area contributed by atoms with Gasteiger partial charge >= 0.3 is 0 Å². The lowest BCUT2D eigenvalue weighted by molar-refractivity contribution is 0.0108. The Bertz CT molecular complexity index is 420. The van der Waals surface area contributed by atoms with E-state index in [1.54, 1.807) is 11.7 Å². The second-order valence-electron chi connectivity index (χ2n) is 4.70. The van der Waals surface area contributed by atoms with Gasteiger partial charge in [0.2, 0.25) is 0 Å². The van der Waals surface area contributed by atoms with E-state index in [4.69, 9.17) is 9.47 Å². The monoisotopic (exact) mass is 283 g/mol. The van der Waals surface area contributed by atoms with Gasteiger partial charge in [0.05, 0.1) is 50.2 Å². The smallest absolute Gasteiger partial charge is 0.263 e. The molecule has 2 aliphatic heterocycles. The molecule has 1 amide bonds. The molecule has 2 saturated heterocycles. The van der Waals surface area contributed by atoms with Crippen LogP contribution in [0.5, 0.6) is 0 Å². The van der Waals surface area contributed by atoms with Gasteiger partial charge in [-0.1, -0.05) is 0 Å². The van der Waals surface area contributed by atoms with Crippen molar-refractivity contribution in [2.24, 2.45) is 0 Å². The number of rotatable bonds is 3. The number of nitrogens with one attached hydrogen (secondary N) is 1. The van der Waals surface area contributed by atoms with Gasteiger partial charge < -0.3 is 14.8 Å². The Morgan fingerprint density at radius 3 is 2.95 bits per heavy atom. The van der Waals surface area contributed by atoms with Crippen LogP contribution >= 0.6 is 11.3 Å². The van der Waals surface area contributed by atoms with Crippen molar-refractivity contribution in [1.82, 2.24) is 15.2 Å². The number of hydrogen-bond donors (Lipinski definition) is 1. The molecule has 0 radical (unpaired) electrons. The zero-order valence-electron chi connectivity index (χ0n) is 10.6. The maximum Gasteiger partial charge on any atom is 0.263 e. The minimum absolute atomic E-state index is 0.0488. The van der Waals surface area contributed by atoms with E-state index in [-0.39, 0.29) is 18.0 Å². The fourth-order valence-electron chi connectivity index (χ4n) is 2.52. The fourth-order valence-corrected chi connectivity index (χ4v) is 3.04. The predicted octanol–water partition coefficient (Wildman–Crippen LogP) is -0.0275. The first kappa shape index (κ1) is 13.0. The average molecular weight is 283 g/mol. The third-order valence-corrected chi connectivity index (χ3v) is 4.31. The summed E-state index contributed by atoms with van der Waals surface area (Å²) in [6, 6.07) is 0.300. The maximum atomic E-state index is 12.1. The fraction of sp³-hybridized carbons (Fsp3) is 0.667. The van der Waals surface area contributed by atoms with Crippen molar-refractivity contribution in [1.29, 1.82) is 0 Å². The second kappa shape index (κ2) is 5.96. The van der Waals surface area contributed by atoms with Gasteiger partial charge in [-0.15, -0.1) is 11.3 Å². The van der Waals surface area contributed by atoms with Gasteiger partial charge in [0, 0.05) is 13.1 Å². The van der Waals surface area contributed by atoms with Crippen LogP contribution in [0.3, 0.4) is 0 Å². The van der Waals surface area contributed by atoms with E-state index < -0.39 is 0 Å². The summed E-state index contributed by atoms with van der Waals surface area (Å²) in [4.78, 5) is 19.0. The highest BCUT2D eigenvalue weighted by molar-refractivity contribution is 7.11. The second-order valence-corrected chi connectivity index (χ2v) is 5.59. The molecular formula is C12H17N3O3S. The molecule has 1 aromatic rings. The normalized spacial score (nSPS) is 28.4. The van der Waals surface area contributed by atoms with Crippen LogP contribution in [-0.4, -0.2) is 67.4 Å². The van der Waals surface area contributed by atoms with Gasteiger partial charge in [-0.2, -0.15) is 0 Å². The van der Waals surface area contributed by atoms with Crippen molar-refractivity contribution >= 4 is 17.2 Å². The molecule has 0 saturated carbocycles. The summed E-state index contributed by atoms with van der Waals surface area (Å²) >= 11 is 1.35. The number of ether oxygens (including phenoxy) is 2. The van der Waals surface area contributed by atoms with Gasteiger partial charge in [-0.05, 0) is 0 Å². The number of carbonyl (C=O) groups is 1. The number of carbonyl (C=O) groups excluding carboxylic acids is 1. The number of nitrogens with zero attached hydrogens (tertiary/aromatic N) is 2. The van der Waals surface area contributed by atoms with Crippen LogP contribution in [0.4, 0.5) is 0 Å². The molecule has 0 aromatic carbocycles. The summed E-state index contributed by atoms with van der Waals surface area (Å²) in [5, 5.41) is 3.05. The molecule has 104 valence electrons. The average Bonchev–Trinajstić information content (AvgIpc) is 3.11. The molecule has 0 aliphatic carbocycles. The van der Waals surface area contributed by atoms with Crippen molar-refractivity contribution in [3.05, 3.63) is 16.6 Å². The molecule has 0 spiro atoms. The minimum Gasteiger partial charge on any atom is -0.379 e. The first-order chi connectivity index (χ1) is 9.34. The molecule has 6 nitrogen and oxygen atoms in total. The summed E-state index contributed by atoms with van der Waals surface area (Å²) in [6.45, 7) is 4.57. The quantitative estimate of drug-likeness (QED) is 0.844. The van der Waals surface area contributed by atoms with E-state index >= 15 is 0 Å². The summed E-state index contributed by atoms with van der Waals surface area (Å²) in [6.07, 6.45) is 1.60. The molecule has 2 atom stereocenters. The van der Waals surface area contributed by atoms with E-state index in [0.717, 1.165) is 26.3 Å². The minimum atomic E-state index is -0.0590. The van der Waals surface area contributed by atoms with Gasteiger partial charge in [0.1, 0.15) is 4.88 Å². The van der Waals surface area contributed by atoms with Gasteiger partial charge in [0.25, 0.3) is 5.91 Å². The predicted molar refractivity (Wildman–Crippen MR) is 70.4 cm³/mol. The highest BCUT2D eigenvalue weighted by atomic mass is 32.1. The lowest BCUT2D eigenvalue weighted by Gasteiger charge is -2.34. The Balaban J connectivity index is 1.61. The third-order valence-electron chi connectivity index (χ3n) is 3.54. The zero-order valence-corrected chi connectivity index (χ0v) is 11.4. The molecule has 0 unspecified atom stereocenters. The molecule has 2 aliphatic rings. The van der Waals surface area contributed by atoms with E-state index in [0.29, 0.717) is 18.1 Å². The first-order valence-corrected chi connectivity index (χ1v) is 7.31. The first-order valence-electron chi connectivity index (χ1n) is 6.43. The van der Waals surface area contributed by atoms with Crippen molar-refractivity contribution in [2.45, 2.75) is 12.1 Å². The van der Waals surface area contributed by atoms with Crippen LogP contribution in [0.1, 0.15) is 9.67 Å². The summed E-state index contributed by atoms with van der Waals surface area (Å²) in [5.74, 6) is -0.0590. The molecule has 3 rings (SSSR count). The molecule has 19 heavy (non-hydrogen) atoms. The lowest BCUT2D eigenvalue weighted by atomic mass is 10.1. The van der Waals surface area contributed by atoms with Crippen molar-refractivity contribution in [3.8, 4) is 0 Å². The zero-order chi connectivity index (χ0) is 13.1. The Labute approximate surface area is 115 Å². The van der Waals surface area contributed by atoms with E-state index in [1.807, 2.05) is 0 Å². The topological polar surface area (TPSA) is 63.7 Å². The standard InChI is InChI=1S/C12H17N3O3S/c16-12(11-5-13-8-19-11)14-9-6-18-7-10(9)15-1-3-17-4-2-15/h5,8-10H,1-4,6-7H2,(H,14,16)/t9-,10-/m0/s1. The van der Waals surface area contributed by atoms with Crippen LogP contribution in [0.15, 0.2) is 11.7 Å². The summed E-state index contributed by atoms with van der Waals surface area (Å²) in [5.41, 5.74) is 1.67. The highest BCUT2D eigenvalue weighted by Gasteiger charge is 2.35. The SMILES string of the molecule is O=C(N[C@H]1COC[C@@H]1N1CCOCC1)c1cncs1. The Kier molecular flexibility index (Phi) is 4.07. The van der Waals surface area contributed by atoms with Gasteiger partial charge in [-0.25, -0.2) is 0 Å². The van der Waals surface area contributed by atoms with E-state index in [9.17, 15) is 4.79 Å². The van der Waals surface area contributed by atoms with Crippen LogP contribution in [0.25, 0.3) is 0 Å². The lowest BCUT2D eigenvalue weighted by Crippen LogP contribution is -2.54. The molecule has 0 bridgehead atoms.